The van der Waals surface area contributed by atoms with Crippen molar-refractivity contribution < 1.29 is 9.18 Å². The number of aromatic nitrogens is 1. The van der Waals surface area contributed by atoms with Crippen LogP contribution in [0.3, 0.4) is 0 Å². The molecule has 122 valence electrons. The first-order valence-electron chi connectivity index (χ1n) is 7.75. The molecule has 6 heteroatoms. The van der Waals surface area contributed by atoms with Gasteiger partial charge in [0.1, 0.15) is 15.7 Å². The van der Waals surface area contributed by atoms with Gasteiger partial charge in [0.05, 0.1) is 5.69 Å². The highest BCUT2D eigenvalue weighted by Crippen LogP contribution is 2.29. The average molecular weight is 333 g/mol. The minimum Gasteiger partial charge on any atom is -0.332 e. The normalized spacial score (nSPS) is 21.5. The molecular weight excluding hydrogens is 313 g/mol. The Balaban J connectivity index is 1.88. The molecule has 0 saturated carbocycles. The molecular formula is C17H20FN3OS. The van der Waals surface area contributed by atoms with Gasteiger partial charge in [0.15, 0.2) is 0 Å². The third kappa shape index (κ3) is 3.14. The number of aryl methyl sites for hydroxylation is 1. The van der Waals surface area contributed by atoms with E-state index in [0.29, 0.717) is 11.4 Å². The fraction of sp³-hybridized carbons (Fsp3) is 0.412. The van der Waals surface area contributed by atoms with Crippen molar-refractivity contribution in [1.82, 2.24) is 15.2 Å². The summed E-state index contributed by atoms with van der Waals surface area (Å²) in [5.41, 5.74) is 1.57. The van der Waals surface area contributed by atoms with Crippen molar-refractivity contribution in [3.63, 3.8) is 0 Å². The molecule has 1 amide bonds. The summed E-state index contributed by atoms with van der Waals surface area (Å²) in [6, 6.07) is 6.63. The molecule has 2 aromatic rings. The maximum Gasteiger partial charge on any atom is 0.266 e. The average Bonchev–Trinajstić information content (AvgIpc) is 2.92. The van der Waals surface area contributed by atoms with Crippen LogP contribution in [0.2, 0.25) is 0 Å². The van der Waals surface area contributed by atoms with Crippen LogP contribution in [0.1, 0.15) is 29.2 Å². The highest BCUT2D eigenvalue weighted by molar-refractivity contribution is 7.17. The van der Waals surface area contributed by atoms with E-state index < -0.39 is 0 Å². The smallest absolute Gasteiger partial charge is 0.266 e. The Morgan fingerprint density at radius 1 is 1.35 bits per heavy atom. The molecule has 0 aliphatic carbocycles. The number of hydrogen-bond acceptors (Lipinski definition) is 4. The van der Waals surface area contributed by atoms with E-state index in [4.69, 9.17) is 0 Å². The van der Waals surface area contributed by atoms with Crippen molar-refractivity contribution in [2.45, 2.75) is 32.9 Å². The topological polar surface area (TPSA) is 45.2 Å². The Morgan fingerprint density at radius 2 is 2.04 bits per heavy atom. The first-order chi connectivity index (χ1) is 11.0. The van der Waals surface area contributed by atoms with Crippen molar-refractivity contribution in [3.8, 4) is 10.6 Å². The molecule has 2 unspecified atom stereocenters. The van der Waals surface area contributed by atoms with Crippen LogP contribution in [0.4, 0.5) is 4.39 Å². The minimum absolute atomic E-state index is 0.0363. The predicted molar refractivity (Wildman–Crippen MR) is 90.2 cm³/mol. The third-order valence-corrected chi connectivity index (χ3v) is 5.57. The van der Waals surface area contributed by atoms with Crippen LogP contribution >= 0.6 is 11.3 Å². The molecule has 1 aromatic carbocycles. The zero-order chi connectivity index (χ0) is 16.6. The molecule has 1 aliphatic heterocycles. The number of hydrogen-bond donors (Lipinski definition) is 1. The van der Waals surface area contributed by atoms with Crippen molar-refractivity contribution >= 4 is 17.2 Å². The van der Waals surface area contributed by atoms with Crippen LogP contribution in [-0.4, -0.2) is 41.0 Å². The molecule has 2 heterocycles. The SMILES string of the molecule is Cc1nc(-c2ccc(F)cc2)sc1C(=O)N1CCNC(C)C1C. The largest absolute Gasteiger partial charge is 0.332 e. The lowest BCUT2D eigenvalue weighted by Gasteiger charge is -2.38. The van der Waals surface area contributed by atoms with E-state index in [1.165, 1.54) is 23.5 Å². The Hall–Kier alpha value is -1.79. The summed E-state index contributed by atoms with van der Waals surface area (Å²) in [4.78, 5) is 20.0. The van der Waals surface area contributed by atoms with E-state index in [1.807, 2.05) is 11.8 Å². The summed E-state index contributed by atoms with van der Waals surface area (Å²) >= 11 is 1.38. The maximum atomic E-state index is 13.1. The second-order valence-corrected chi connectivity index (χ2v) is 6.92. The number of thiazole rings is 1. The lowest BCUT2D eigenvalue weighted by molar-refractivity contribution is 0.0607. The Bertz CT molecular complexity index is 713. The maximum absolute atomic E-state index is 13.1. The zero-order valence-corrected chi connectivity index (χ0v) is 14.3. The van der Waals surface area contributed by atoms with Crippen LogP contribution in [-0.2, 0) is 0 Å². The van der Waals surface area contributed by atoms with E-state index in [1.54, 1.807) is 12.1 Å². The number of nitrogens with zero attached hydrogens (tertiary/aromatic N) is 2. The van der Waals surface area contributed by atoms with Gasteiger partial charge in [-0.05, 0) is 45.0 Å². The monoisotopic (exact) mass is 333 g/mol. The molecule has 0 bridgehead atoms. The van der Waals surface area contributed by atoms with Gasteiger partial charge in [-0.2, -0.15) is 0 Å². The van der Waals surface area contributed by atoms with Gasteiger partial charge in [0.25, 0.3) is 5.91 Å². The first-order valence-corrected chi connectivity index (χ1v) is 8.56. The molecule has 23 heavy (non-hydrogen) atoms. The van der Waals surface area contributed by atoms with E-state index in [-0.39, 0.29) is 23.8 Å². The molecule has 3 rings (SSSR count). The van der Waals surface area contributed by atoms with Crippen molar-refractivity contribution in [2.75, 3.05) is 13.1 Å². The summed E-state index contributed by atoms with van der Waals surface area (Å²) in [5.74, 6) is -0.240. The highest BCUT2D eigenvalue weighted by atomic mass is 32.1. The Morgan fingerprint density at radius 3 is 2.74 bits per heavy atom. The summed E-state index contributed by atoms with van der Waals surface area (Å²) < 4.78 is 13.1. The Labute approximate surface area is 139 Å². The van der Waals surface area contributed by atoms with Gasteiger partial charge in [-0.3, -0.25) is 4.79 Å². The molecule has 1 aliphatic rings. The summed E-state index contributed by atoms with van der Waals surface area (Å²) in [5, 5.41) is 4.13. The number of piperazine rings is 1. The van der Waals surface area contributed by atoms with Gasteiger partial charge >= 0.3 is 0 Å². The van der Waals surface area contributed by atoms with Gasteiger partial charge in [-0.15, -0.1) is 11.3 Å². The third-order valence-electron chi connectivity index (χ3n) is 4.38. The molecule has 1 saturated heterocycles. The van der Waals surface area contributed by atoms with E-state index >= 15 is 0 Å². The predicted octanol–water partition coefficient (Wildman–Crippen LogP) is 3.08. The first kappa shape index (κ1) is 16.1. The quantitative estimate of drug-likeness (QED) is 0.919. The van der Waals surface area contributed by atoms with Gasteiger partial charge in [-0.1, -0.05) is 0 Å². The molecule has 1 N–H and O–H groups in total. The molecule has 4 nitrogen and oxygen atoms in total. The number of rotatable bonds is 2. The summed E-state index contributed by atoms with van der Waals surface area (Å²) in [6.07, 6.45) is 0. The highest BCUT2D eigenvalue weighted by Gasteiger charge is 2.30. The lowest BCUT2D eigenvalue weighted by atomic mass is 10.1. The van der Waals surface area contributed by atoms with Crippen molar-refractivity contribution in [2.24, 2.45) is 0 Å². The van der Waals surface area contributed by atoms with Crippen LogP contribution in [0.5, 0.6) is 0 Å². The minimum atomic E-state index is -0.276. The lowest BCUT2D eigenvalue weighted by Crippen LogP contribution is -2.57. The van der Waals surface area contributed by atoms with E-state index in [0.717, 1.165) is 22.8 Å². The fourth-order valence-electron chi connectivity index (χ4n) is 2.78. The molecule has 0 spiro atoms. The summed E-state index contributed by atoms with van der Waals surface area (Å²) in [6.45, 7) is 7.51. The molecule has 1 aromatic heterocycles. The summed E-state index contributed by atoms with van der Waals surface area (Å²) in [7, 11) is 0. The van der Waals surface area contributed by atoms with E-state index in [2.05, 4.69) is 24.1 Å². The van der Waals surface area contributed by atoms with Crippen molar-refractivity contribution in [1.29, 1.82) is 0 Å². The standard InChI is InChI=1S/C17H20FN3OS/c1-10-12(3)21(9-8-19-10)17(22)15-11(2)20-16(23-15)13-4-6-14(18)7-5-13/h4-7,10,12,19H,8-9H2,1-3H3. The van der Waals surface area contributed by atoms with Gasteiger partial charge in [0, 0.05) is 30.7 Å². The number of nitrogens with one attached hydrogen (secondary N) is 1. The Kier molecular flexibility index (Phi) is 4.46. The van der Waals surface area contributed by atoms with Gasteiger partial charge < -0.3 is 10.2 Å². The number of carbonyl (C=O) groups is 1. The molecule has 1 fully saturated rings. The van der Waals surface area contributed by atoms with Crippen LogP contribution in [0.15, 0.2) is 24.3 Å². The van der Waals surface area contributed by atoms with Gasteiger partial charge in [0.2, 0.25) is 0 Å². The van der Waals surface area contributed by atoms with E-state index in [9.17, 15) is 9.18 Å². The molecule has 0 radical (unpaired) electrons. The number of carbonyl (C=O) groups excluding carboxylic acids is 1. The van der Waals surface area contributed by atoms with Crippen LogP contribution < -0.4 is 5.32 Å². The number of benzene rings is 1. The molecule has 2 atom stereocenters. The zero-order valence-electron chi connectivity index (χ0n) is 13.5. The van der Waals surface area contributed by atoms with Crippen LogP contribution in [0, 0.1) is 12.7 Å². The second-order valence-electron chi connectivity index (χ2n) is 5.92. The van der Waals surface area contributed by atoms with Crippen LogP contribution in [0.25, 0.3) is 10.6 Å². The number of amides is 1. The fourth-order valence-corrected chi connectivity index (χ4v) is 3.81. The van der Waals surface area contributed by atoms with Gasteiger partial charge in [-0.25, -0.2) is 9.37 Å². The second kappa shape index (κ2) is 6.37. The number of halogens is 1. The van der Waals surface area contributed by atoms with Crippen molar-refractivity contribution in [3.05, 3.63) is 40.7 Å².